The van der Waals surface area contributed by atoms with Crippen molar-refractivity contribution in [1.82, 2.24) is 0 Å². The summed E-state index contributed by atoms with van der Waals surface area (Å²) in [5, 5.41) is 0. The van der Waals surface area contributed by atoms with E-state index in [1.807, 2.05) is 6.92 Å². The normalized spacial score (nSPS) is 13.2. The molecule has 0 aliphatic heterocycles. The van der Waals surface area contributed by atoms with E-state index in [1.54, 1.807) is 0 Å². The van der Waals surface area contributed by atoms with E-state index in [0.29, 0.717) is 6.04 Å². The van der Waals surface area contributed by atoms with Gasteiger partial charge in [0.25, 0.3) is 0 Å². The van der Waals surface area contributed by atoms with Crippen LogP contribution in [0.4, 0.5) is 0 Å². The first-order chi connectivity index (χ1) is 4.16. The minimum atomic E-state index is 0.377. The molecule has 0 heterocycles. The molecule has 0 saturated carbocycles. The zero-order chi connectivity index (χ0) is 7.28. The Bertz CT molecular complexity index is 86.6. The van der Waals surface area contributed by atoms with Crippen LogP contribution in [0.25, 0.3) is 0 Å². The van der Waals surface area contributed by atoms with Gasteiger partial charge in [0.15, 0.2) is 0 Å². The van der Waals surface area contributed by atoms with E-state index in [1.165, 1.54) is 5.57 Å². The van der Waals surface area contributed by atoms with Crippen LogP contribution >= 0.6 is 0 Å². The number of allylic oxidation sites excluding steroid dienone is 1. The van der Waals surface area contributed by atoms with Crippen LogP contribution in [0.2, 0.25) is 0 Å². The highest BCUT2D eigenvalue weighted by atomic mass is 14.6. The molecule has 1 atom stereocenters. The lowest BCUT2D eigenvalue weighted by Gasteiger charge is -2.06. The van der Waals surface area contributed by atoms with Crippen LogP contribution in [0.3, 0.4) is 0 Å². The molecule has 54 valence electrons. The largest absolute Gasteiger partial charge is 0.328 e. The van der Waals surface area contributed by atoms with Gasteiger partial charge in [-0.15, -0.1) is 6.58 Å². The maximum absolute atomic E-state index is 5.68. The van der Waals surface area contributed by atoms with Crippen LogP contribution < -0.4 is 5.73 Å². The quantitative estimate of drug-likeness (QED) is 0.575. The summed E-state index contributed by atoms with van der Waals surface area (Å²) < 4.78 is 0. The van der Waals surface area contributed by atoms with Crippen LogP contribution in [-0.2, 0) is 0 Å². The number of hydrogen-bond donors (Lipinski definition) is 1. The molecule has 0 rings (SSSR count). The Morgan fingerprint density at radius 1 is 1.67 bits per heavy atom. The van der Waals surface area contributed by atoms with Gasteiger partial charge in [0.05, 0.1) is 0 Å². The lowest BCUT2D eigenvalue weighted by Crippen LogP contribution is -2.17. The van der Waals surface area contributed by atoms with E-state index in [0.717, 1.165) is 19.3 Å². The maximum Gasteiger partial charge on any atom is 0.00392 e. The predicted octanol–water partition coefficient (Wildman–Crippen LogP) is 2.08. The van der Waals surface area contributed by atoms with Crippen LogP contribution in [-0.4, -0.2) is 6.04 Å². The second-order valence-corrected chi connectivity index (χ2v) is 2.66. The van der Waals surface area contributed by atoms with Gasteiger partial charge < -0.3 is 5.73 Å². The van der Waals surface area contributed by atoms with Crippen LogP contribution in [0.15, 0.2) is 12.2 Å². The summed E-state index contributed by atoms with van der Waals surface area (Å²) >= 11 is 0. The third-order valence-electron chi connectivity index (χ3n) is 1.47. The van der Waals surface area contributed by atoms with Crippen molar-refractivity contribution in [3.63, 3.8) is 0 Å². The molecule has 0 bridgehead atoms. The monoisotopic (exact) mass is 127 g/mol. The van der Waals surface area contributed by atoms with E-state index in [-0.39, 0.29) is 0 Å². The molecule has 0 radical (unpaired) electrons. The van der Waals surface area contributed by atoms with Gasteiger partial charge in [0, 0.05) is 6.04 Å². The Labute approximate surface area is 57.9 Å². The second kappa shape index (κ2) is 4.57. The van der Waals surface area contributed by atoms with Gasteiger partial charge in [0.2, 0.25) is 0 Å². The van der Waals surface area contributed by atoms with Crippen molar-refractivity contribution < 1.29 is 0 Å². The number of nitrogens with two attached hydrogens (primary N) is 1. The molecule has 9 heavy (non-hydrogen) atoms. The molecule has 0 aromatic heterocycles. The second-order valence-electron chi connectivity index (χ2n) is 2.66. The molecule has 1 unspecified atom stereocenters. The fraction of sp³-hybridized carbons (Fsp3) is 0.750. The zero-order valence-corrected chi connectivity index (χ0v) is 6.48. The van der Waals surface area contributed by atoms with Crippen molar-refractivity contribution in [2.75, 3.05) is 0 Å². The SMILES string of the molecule is C=C(C)CCC(N)CC. The first-order valence-corrected chi connectivity index (χ1v) is 3.56. The van der Waals surface area contributed by atoms with Crippen molar-refractivity contribution >= 4 is 0 Å². The first-order valence-electron chi connectivity index (χ1n) is 3.56. The Morgan fingerprint density at radius 3 is 2.56 bits per heavy atom. The van der Waals surface area contributed by atoms with Gasteiger partial charge in [0.1, 0.15) is 0 Å². The van der Waals surface area contributed by atoms with E-state index in [9.17, 15) is 0 Å². The highest BCUT2D eigenvalue weighted by Crippen LogP contribution is 2.04. The zero-order valence-electron chi connectivity index (χ0n) is 6.48. The van der Waals surface area contributed by atoms with E-state index >= 15 is 0 Å². The van der Waals surface area contributed by atoms with Gasteiger partial charge >= 0.3 is 0 Å². The Kier molecular flexibility index (Phi) is 4.41. The van der Waals surface area contributed by atoms with Crippen molar-refractivity contribution in [3.05, 3.63) is 12.2 Å². The molecule has 0 aromatic carbocycles. The highest BCUT2D eigenvalue weighted by molar-refractivity contribution is 4.88. The fourth-order valence-electron chi connectivity index (χ4n) is 0.636. The summed E-state index contributed by atoms with van der Waals surface area (Å²) in [6.45, 7) is 7.96. The summed E-state index contributed by atoms with van der Waals surface area (Å²) in [7, 11) is 0. The molecule has 0 spiro atoms. The first kappa shape index (κ1) is 8.70. The van der Waals surface area contributed by atoms with Gasteiger partial charge in [-0.1, -0.05) is 12.5 Å². The van der Waals surface area contributed by atoms with E-state index in [4.69, 9.17) is 5.73 Å². The smallest absolute Gasteiger partial charge is 0.00392 e. The van der Waals surface area contributed by atoms with Crippen LogP contribution in [0.5, 0.6) is 0 Å². The van der Waals surface area contributed by atoms with Crippen LogP contribution in [0.1, 0.15) is 33.1 Å². The Balaban J connectivity index is 3.16. The molecule has 1 nitrogen and oxygen atoms in total. The predicted molar refractivity (Wildman–Crippen MR) is 42.3 cm³/mol. The molecular formula is C8H17N. The molecule has 0 saturated heterocycles. The van der Waals surface area contributed by atoms with Crippen LogP contribution in [0, 0.1) is 0 Å². The summed E-state index contributed by atoms with van der Waals surface area (Å²) in [6.07, 6.45) is 3.24. The Hall–Kier alpha value is -0.300. The van der Waals surface area contributed by atoms with E-state index in [2.05, 4.69) is 13.5 Å². The average Bonchev–Trinajstić information content (AvgIpc) is 1.83. The molecular weight excluding hydrogens is 110 g/mol. The molecule has 0 fully saturated rings. The molecule has 2 N–H and O–H groups in total. The standard InChI is InChI=1S/C8H17N/c1-4-8(9)6-5-7(2)3/h8H,2,4-6,9H2,1,3H3. The summed E-state index contributed by atoms with van der Waals surface area (Å²) in [4.78, 5) is 0. The van der Waals surface area contributed by atoms with Gasteiger partial charge in [-0.05, 0) is 26.2 Å². The number of rotatable bonds is 4. The topological polar surface area (TPSA) is 26.0 Å². The minimum Gasteiger partial charge on any atom is -0.328 e. The molecule has 0 aliphatic rings. The van der Waals surface area contributed by atoms with Crippen molar-refractivity contribution in [3.8, 4) is 0 Å². The average molecular weight is 127 g/mol. The highest BCUT2D eigenvalue weighted by Gasteiger charge is 1.96. The molecule has 0 aliphatic carbocycles. The minimum absolute atomic E-state index is 0.377. The summed E-state index contributed by atoms with van der Waals surface area (Å²) in [5.41, 5.74) is 6.92. The van der Waals surface area contributed by atoms with Gasteiger partial charge in [-0.2, -0.15) is 0 Å². The van der Waals surface area contributed by atoms with Crippen molar-refractivity contribution in [2.45, 2.75) is 39.2 Å². The molecule has 0 amide bonds. The van der Waals surface area contributed by atoms with Crippen molar-refractivity contribution in [1.29, 1.82) is 0 Å². The maximum atomic E-state index is 5.68. The van der Waals surface area contributed by atoms with Gasteiger partial charge in [-0.3, -0.25) is 0 Å². The summed E-state index contributed by atoms with van der Waals surface area (Å²) in [5.74, 6) is 0. The fourth-order valence-corrected chi connectivity index (χ4v) is 0.636. The third-order valence-corrected chi connectivity index (χ3v) is 1.47. The molecule has 0 aromatic rings. The number of hydrogen-bond acceptors (Lipinski definition) is 1. The van der Waals surface area contributed by atoms with Gasteiger partial charge in [-0.25, -0.2) is 0 Å². The lowest BCUT2D eigenvalue weighted by atomic mass is 10.1. The lowest BCUT2D eigenvalue weighted by molar-refractivity contribution is 0.594. The summed E-state index contributed by atoms with van der Waals surface area (Å²) in [6, 6.07) is 0.377. The van der Waals surface area contributed by atoms with E-state index < -0.39 is 0 Å². The molecule has 1 heteroatoms. The van der Waals surface area contributed by atoms with Crippen molar-refractivity contribution in [2.24, 2.45) is 5.73 Å². The third kappa shape index (κ3) is 5.57. The Morgan fingerprint density at radius 2 is 2.22 bits per heavy atom.